The van der Waals surface area contributed by atoms with Gasteiger partial charge in [-0.1, -0.05) is 0 Å². The van der Waals surface area contributed by atoms with Crippen LogP contribution in [0.5, 0.6) is 0 Å². The first-order valence-electron chi connectivity index (χ1n) is 9.68. The van der Waals surface area contributed by atoms with E-state index in [0.29, 0.717) is 37.1 Å². The molecule has 0 aromatic carbocycles. The summed E-state index contributed by atoms with van der Waals surface area (Å²) >= 11 is 0. The first-order valence-corrected chi connectivity index (χ1v) is 9.68. The molecule has 2 aromatic rings. The lowest BCUT2D eigenvalue weighted by Gasteiger charge is -2.35. The van der Waals surface area contributed by atoms with Gasteiger partial charge in [-0.15, -0.1) is 0 Å². The van der Waals surface area contributed by atoms with Crippen LogP contribution in [0.25, 0.3) is 0 Å². The molecule has 1 aliphatic heterocycles. The summed E-state index contributed by atoms with van der Waals surface area (Å²) in [5.74, 6) is 0.766. The molecule has 2 aliphatic rings. The first kappa shape index (κ1) is 19.8. The van der Waals surface area contributed by atoms with E-state index in [0.717, 1.165) is 38.1 Å². The standard InChI is InChI=1S/C19H22F4N6/c1-28(18-16(20)17(13-2-3-13)26-11-27-18)9-12-4-6-29(7-5-12)15-8-14(19(21,22)23)24-10-25-15/h8,10-13H,2-7,9H2,1H3. The summed E-state index contributed by atoms with van der Waals surface area (Å²) in [6, 6.07) is 0.988. The Hall–Kier alpha value is -2.52. The van der Waals surface area contributed by atoms with Crippen molar-refractivity contribution in [2.24, 2.45) is 5.92 Å². The summed E-state index contributed by atoms with van der Waals surface area (Å²) in [6.07, 6.45) is 1.37. The molecule has 3 heterocycles. The summed E-state index contributed by atoms with van der Waals surface area (Å²) in [4.78, 5) is 19.2. The van der Waals surface area contributed by atoms with Gasteiger partial charge in [0.1, 0.15) is 24.2 Å². The summed E-state index contributed by atoms with van der Waals surface area (Å²) in [7, 11) is 1.81. The predicted molar refractivity (Wildman–Crippen MR) is 99.2 cm³/mol. The van der Waals surface area contributed by atoms with Gasteiger partial charge in [-0.05, 0) is 31.6 Å². The second-order valence-corrected chi connectivity index (χ2v) is 7.74. The zero-order valence-corrected chi connectivity index (χ0v) is 16.0. The number of piperidine rings is 1. The van der Waals surface area contributed by atoms with Gasteiger partial charge in [-0.3, -0.25) is 0 Å². The minimum absolute atomic E-state index is 0.211. The first-order chi connectivity index (χ1) is 13.8. The van der Waals surface area contributed by atoms with Crippen LogP contribution in [0, 0.1) is 11.7 Å². The van der Waals surface area contributed by atoms with Gasteiger partial charge in [-0.2, -0.15) is 13.2 Å². The molecule has 10 heteroatoms. The third-order valence-corrected chi connectivity index (χ3v) is 5.54. The van der Waals surface area contributed by atoms with Gasteiger partial charge >= 0.3 is 6.18 Å². The Labute approximate surface area is 166 Å². The Bertz CT molecular complexity index is 862. The van der Waals surface area contributed by atoms with Crippen molar-refractivity contribution in [2.45, 2.75) is 37.8 Å². The molecule has 0 amide bonds. The molecule has 29 heavy (non-hydrogen) atoms. The molecule has 2 fully saturated rings. The van der Waals surface area contributed by atoms with E-state index in [1.54, 1.807) is 0 Å². The lowest BCUT2D eigenvalue weighted by molar-refractivity contribution is -0.141. The van der Waals surface area contributed by atoms with Gasteiger partial charge in [0.25, 0.3) is 0 Å². The third-order valence-electron chi connectivity index (χ3n) is 5.54. The molecule has 0 unspecified atom stereocenters. The van der Waals surface area contributed by atoms with Crippen molar-refractivity contribution in [2.75, 3.05) is 36.5 Å². The molecular weight excluding hydrogens is 388 g/mol. The maximum atomic E-state index is 14.7. The Kier molecular flexibility index (Phi) is 5.26. The van der Waals surface area contributed by atoms with Crippen LogP contribution < -0.4 is 9.80 Å². The van der Waals surface area contributed by atoms with Crippen molar-refractivity contribution in [3.63, 3.8) is 0 Å². The van der Waals surface area contributed by atoms with E-state index >= 15 is 0 Å². The van der Waals surface area contributed by atoms with Gasteiger partial charge in [0.05, 0.1) is 5.69 Å². The van der Waals surface area contributed by atoms with Crippen LogP contribution >= 0.6 is 0 Å². The highest BCUT2D eigenvalue weighted by Gasteiger charge is 2.34. The molecule has 6 nitrogen and oxygen atoms in total. The second kappa shape index (κ2) is 7.72. The highest BCUT2D eigenvalue weighted by atomic mass is 19.4. The fraction of sp³-hybridized carbons (Fsp3) is 0.579. The molecule has 0 spiro atoms. The van der Waals surface area contributed by atoms with Crippen LogP contribution in [0.1, 0.15) is 43.0 Å². The Morgan fingerprint density at radius 2 is 1.72 bits per heavy atom. The highest BCUT2D eigenvalue weighted by Crippen LogP contribution is 2.41. The molecule has 0 bridgehead atoms. The molecule has 1 saturated heterocycles. The topological polar surface area (TPSA) is 58.0 Å². The van der Waals surface area contributed by atoms with E-state index in [1.807, 2.05) is 16.8 Å². The van der Waals surface area contributed by atoms with Crippen molar-refractivity contribution in [1.82, 2.24) is 19.9 Å². The van der Waals surface area contributed by atoms with E-state index in [2.05, 4.69) is 19.9 Å². The van der Waals surface area contributed by atoms with Gasteiger partial charge < -0.3 is 9.80 Å². The number of rotatable bonds is 5. The van der Waals surface area contributed by atoms with Crippen molar-refractivity contribution in [1.29, 1.82) is 0 Å². The molecule has 2 aromatic heterocycles. The number of anilines is 2. The zero-order valence-electron chi connectivity index (χ0n) is 16.0. The third kappa shape index (κ3) is 4.40. The minimum Gasteiger partial charge on any atom is -0.357 e. The van der Waals surface area contributed by atoms with Crippen molar-refractivity contribution in [3.05, 3.63) is 35.9 Å². The number of halogens is 4. The summed E-state index contributed by atoms with van der Waals surface area (Å²) < 4.78 is 53.3. The monoisotopic (exact) mass is 410 g/mol. The predicted octanol–water partition coefficient (Wildman–Crippen LogP) is 3.65. The fourth-order valence-corrected chi connectivity index (χ4v) is 3.77. The molecule has 0 N–H and O–H groups in total. The van der Waals surface area contributed by atoms with Crippen LogP contribution in [0.3, 0.4) is 0 Å². The average molecular weight is 410 g/mol. The lowest BCUT2D eigenvalue weighted by atomic mass is 9.96. The fourth-order valence-electron chi connectivity index (χ4n) is 3.77. The van der Waals surface area contributed by atoms with Gasteiger partial charge in [0.15, 0.2) is 11.6 Å². The quantitative estimate of drug-likeness (QED) is 0.702. The van der Waals surface area contributed by atoms with Crippen LogP contribution in [0.15, 0.2) is 18.7 Å². The average Bonchev–Trinajstić information content (AvgIpc) is 3.53. The largest absolute Gasteiger partial charge is 0.433 e. The SMILES string of the molecule is CN(CC1CCN(c2cc(C(F)(F)F)ncn2)CC1)c1ncnc(C2CC2)c1F. The van der Waals surface area contributed by atoms with Crippen LogP contribution in [-0.2, 0) is 6.18 Å². The number of aromatic nitrogens is 4. The van der Waals surface area contributed by atoms with E-state index in [-0.39, 0.29) is 17.6 Å². The molecule has 1 aliphatic carbocycles. The molecule has 1 saturated carbocycles. The number of alkyl halides is 3. The summed E-state index contributed by atoms with van der Waals surface area (Å²) in [5, 5.41) is 0. The van der Waals surface area contributed by atoms with E-state index in [4.69, 9.17) is 0 Å². The second-order valence-electron chi connectivity index (χ2n) is 7.74. The maximum Gasteiger partial charge on any atom is 0.433 e. The van der Waals surface area contributed by atoms with E-state index in [9.17, 15) is 17.6 Å². The molecular formula is C19H22F4N6. The Balaban J connectivity index is 1.36. The van der Waals surface area contributed by atoms with Gasteiger partial charge in [-0.25, -0.2) is 24.3 Å². The Morgan fingerprint density at radius 3 is 2.38 bits per heavy atom. The summed E-state index contributed by atoms with van der Waals surface area (Å²) in [5.41, 5.74) is -0.434. The molecule has 156 valence electrons. The van der Waals surface area contributed by atoms with E-state index in [1.165, 1.54) is 6.33 Å². The van der Waals surface area contributed by atoms with E-state index < -0.39 is 11.9 Å². The minimum atomic E-state index is -4.49. The Morgan fingerprint density at radius 1 is 1.03 bits per heavy atom. The van der Waals surface area contributed by atoms with Crippen molar-refractivity contribution in [3.8, 4) is 0 Å². The van der Waals surface area contributed by atoms with Gasteiger partial charge in [0, 0.05) is 38.7 Å². The van der Waals surface area contributed by atoms with Crippen LogP contribution in [0.2, 0.25) is 0 Å². The number of hydrogen-bond donors (Lipinski definition) is 0. The highest BCUT2D eigenvalue weighted by molar-refractivity contribution is 5.42. The number of hydrogen-bond acceptors (Lipinski definition) is 6. The number of nitrogens with zero attached hydrogens (tertiary/aromatic N) is 6. The zero-order chi connectivity index (χ0) is 20.6. The molecule has 4 rings (SSSR count). The molecule has 0 radical (unpaired) electrons. The maximum absolute atomic E-state index is 14.7. The summed E-state index contributed by atoms with van der Waals surface area (Å²) in [6.45, 7) is 1.81. The normalized spacial score (nSPS) is 18.2. The van der Waals surface area contributed by atoms with Crippen LogP contribution in [0.4, 0.5) is 29.2 Å². The van der Waals surface area contributed by atoms with Crippen molar-refractivity contribution >= 4 is 11.6 Å². The van der Waals surface area contributed by atoms with Gasteiger partial charge in [0.2, 0.25) is 0 Å². The smallest absolute Gasteiger partial charge is 0.357 e. The van der Waals surface area contributed by atoms with Crippen LogP contribution in [-0.4, -0.2) is 46.6 Å². The molecule has 0 atom stereocenters. The lowest BCUT2D eigenvalue weighted by Crippen LogP contribution is -2.38. The van der Waals surface area contributed by atoms with Crippen molar-refractivity contribution < 1.29 is 17.6 Å².